The summed E-state index contributed by atoms with van der Waals surface area (Å²) in [7, 11) is 0. The zero-order chi connectivity index (χ0) is 27.2. The van der Waals surface area contributed by atoms with Crippen molar-refractivity contribution in [3.63, 3.8) is 0 Å². The molecule has 8 nitrogen and oxygen atoms in total. The van der Waals surface area contributed by atoms with Gasteiger partial charge in [0, 0.05) is 41.0 Å². The smallest absolute Gasteiger partial charge is 0.192 e. The third-order valence-electron chi connectivity index (χ3n) is 6.21. The van der Waals surface area contributed by atoms with Crippen LogP contribution in [0.2, 0.25) is 0 Å². The molecule has 3 heterocycles. The van der Waals surface area contributed by atoms with Crippen LogP contribution in [-0.2, 0) is 6.54 Å². The fraction of sp³-hybridized carbons (Fsp3) is 0.179. The van der Waals surface area contributed by atoms with Crippen molar-refractivity contribution in [3.8, 4) is 28.5 Å². The number of nitriles is 1. The standard InChI is InChI=1S/C28H24F2N6O2/c1-28(2,38)15-36-23-11-20(22(30)10-18(23)14-33-36)26-24(37)12-25(35-7-5-19(32)6-8-35)34-27(26)16-3-4-17(13-31)21(29)9-16/h3-7,9-12,14,38H,8,15,32H2,1-2H3,(H,34,37). The third kappa shape index (κ3) is 4.67. The predicted molar refractivity (Wildman–Crippen MR) is 141 cm³/mol. The lowest BCUT2D eigenvalue weighted by Gasteiger charge is -2.23. The van der Waals surface area contributed by atoms with Crippen LogP contribution in [0.5, 0.6) is 0 Å². The van der Waals surface area contributed by atoms with Crippen LogP contribution in [0.1, 0.15) is 19.4 Å². The van der Waals surface area contributed by atoms with Gasteiger partial charge in [0.15, 0.2) is 5.43 Å². The Morgan fingerprint density at radius 2 is 2.00 bits per heavy atom. The number of aromatic amines is 1. The van der Waals surface area contributed by atoms with Gasteiger partial charge < -0.3 is 20.7 Å². The van der Waals surface area contributed by atoms with Gasteiger partial charge in [0.1, 0.15) is 23.5 Å². The van der Waals surface area contributed by atoms with E-state index in [1.807, 2.05) is 0 Å². The number of hydrogen-bond donors (Lipinski definition) is 3. The highest BCUT2D eigenvalue weighted by molar-refractivity contribution is 5.89. The first-order valence-corrected chi connectivity index (χ1v) is 11.8. The average Bonchev–Trinajstić information content (AvgIpc) is 3.23. The van der Waals surface area contributed by atoms with Gasteiger partial charge in [0.05, 0.1) is 40.7 Å². The van der Waals surface area contributed by atoms with E-state index in [2.05, 4.69) is 10.1 Å². The van der Waals surface area contributed by atoms with E-state index in [-0.39, 0.29) is 34.5 Å². The summed E-state index contributed by atoms with van der Waals surface area (Å²) in [5.41, 5.74) is 5.59. The molecular formula is C28H24F2N6O2. The first-order valence-electron chi connectivity index (χ1n) is 11.8. The number of fused-ring (bicyclic) bond motifs is 1. The zero-order valence-corrected chi connectivity index (χ0v) is 20.7. The fourth-order valence-corrected chi connectivity index (χ4v) is 4.42. The third-order valence-corrected chi connectivity index (χ3v) is 6.21. The van der Waals surface area contributed by atoms with Gasteiger partial charge in [0.25, 0.3) is 0 Å². The summed E-state index contributed by atoms with van der Waals surface area (Å²) in [6, 6.07) is 9.84. The van der Waals surface area contributed by atoms with Crippen LogP contribution < -0.4 is 16.1 Å². The molecule has 0 bridgehead atoms. The Hall–Kier alpha value is -4.75. The molecule has 1 aliphatic rings. The summed E-state index contributed by atoms with van der Waals surface area (Å²) in [5.74, 6) is -1.04. The van der Waals surface area contributed by atoms with Crippen LogP contribution >= 0.6 is 0 Å². The highest BCUT2D eigenvalue weighted by Gasteiger charge is 2.23. The summed E-state index contributed by atoms with van der Waals surface area (Å²) < 4.78 is 31.7. The minimum Gasteiger partial charge on any atom is -0.399 e. The Kier molecular flexibility index (Phi) is 6.09. The van der Waals surface area contributed by atoms with Gasteiger partial charge in [-0.25, -0.2) is 8.78 Å². The maximum Gasteiger partial charge on any atom is 0.192 e. The van der Waals surface area contributed by atoms with Crippen molar-refractivity contribution in [2.45, 2.75) is 26.0 Å². The van der Waals surface area contributed by atoms with E-state index in [4.69, 9.17) is 11.0 Å². The van der Waals surface area contributed by atoms with Crippen molar-refractivity contribution in [1.29, 1.82) is 5.26 Å². The quantitative estimate of drug-likeness (QED) is 0.368. The molecule has 0 saturated carbocycles. The molecule has 2 aromatic heterocycles. The van der Waals surface area contributed by atoms with Gasteiger partial charge in [-0.05, 0) is 50.3 Å². The molecule has 1 aliphatic heterocycles. The molecule has 0 radical (unpaired) electrons. The first kappa shape index (κ1) is 24.9. The van der Waals surface area contributed by atoms with E-state index < -0.39 is 22.7 Å². The van der Waals surface area contributed by atoms with Gasteiger partial charge in [0.2, 0.25) is 0 Å². The van der Waals surface area contributed by atoms with Gasteiger partial charge in [-0.2, -0.15) is 10.4 Å². The molecule has 4 aromatic rings. The van der Waals surface area contributed by atoms with Crippen molar-refractivity contribution >= 4 is 16.7 Å². The number of pyridine rings is 1. The second-order valence-electron chi connectivity index (χ2n) is 9.75. The Morgan fingerprint density at radius 3 is 2.66 bits per heavy atom. The minimum absolute atomic E-state index is 0.00990. The van der Waals surface area contributed by atoms with E-state index in [1.54, 1.807) is 43.2 Å². The topological polar surface area (TPSA) is 124 Å². The molecule has 0 saturated heterocycles. The molecule has 38 heavy (non-hydrogen) atoms. The van der Waals surface area contributed by atoms with Gasteiger partial charge >= 0.3 is 0 Å². The Morgan fingerprint density at radius 1 is 1.21 bits per heavy atom. The first-order chi connectivity index (χ1) is 18.0. The number of allylic oxidation sites excluding steroid dienone is 1. The van der Waals surface area contributed by atoms with Gasteiger partial charge in [-0.1, -0.05) is 6.07 Å². The van der Waals surface area contributed by atoms with Crippen molar-refractivity contribution < 1.29 is 13.9 Å². The van der Waals surface area contributed by atoms with Crippen LogP contribution in [0.25, 0.3) is 33.3 Å². The number of benzene rings is 2. The molecule has 0 atom stereocenters. The maximum absolute atomic E-state index is 15.5. The SMILES string of the molecule is CC(C)(O)Cn1ncc2cc(F)c(-c3c(-c4ccc(C#N)c(F)c4)[nH]c(N4C=CC(N)=CC4)cc3=O)cc21. The fourth-order valence-electron chi connectivity index (χ4n) is 4.42. The number of nitrogens with one attached hydrogen (secondary N) is 1. The van der Waals surface area contributed by atoms with E-state index in [9.17, 15) is 14.3 Å². The maximum atomic E-state index is 15.5. The predicted octanol–water partition coefficient (Wildman–Crippen LogP) is 4.16. The minimum atomic E-state index is -1.09. The van der Waals surface area contributed by atoms with E-state index in [1.165, 1.54) is 41.2 Å². The van der Waals surface area contributed by atoms with Crippen molar-refractivity contribution in [2.24, 2.45) is 5.73 Å². The number of rotatable bonds is 5. The summed E-state index contributed by atoms with van der Waals surface area (Å²) >= 11 is 0. The lowest BCUT2D eigenvalue weighted by atomic mass is 9.96. The molecule has 0 aliphatic carbocycles. The van der Waals surface area contributed by atoms with Crippen LogP contribution in [0, 0.1) is 23.0 Å². The summed E-state index contributed by atoms with van der Waals surface area (Å²) in [6.45, 7) is 3.78. The summed E-state index contributed by atoms with van der Waals surface area (Å²) in [4.78, 5) is 18.5. The summed E-state index contributed by atoms with van der Waals surface area (Å²) in [6.07, 6.45) is 6.63. The second-order valence-corrected chi connectivity index (χ2v) is 9.75. The molecule has 10 heteroatoms. The zero-order valence-electron chi connectivity index (χ0n) is 20.7. The molecule has 5 rings (SSSR count). The average molecular weight is 515 g/mol. The lowest BCUT2D eigenvalue weighted by Crippen LogP contribution is -2.26. The highest BCUT2D eigenvalue weighted by Crippen LogP contribution is 2.34. The molecule has 0 amide bonds. The molecule has 0 fully saturated rings. The number of aromatic nitrogens is 3. The van der Waals surface area contributed by atoms with Crippen molar-refractivity contribution in [2.75, 3.05) is 11.4 Å². The van der Waals surface area contributed by atoms with Crippen LogP contribution in [0.3, 0.4) is 0 Å². The Labute approximate surface area is 216 Å². The summed E-state index contributed by atoms with van der Waals surface area (Å²) in [5, 5.41) is 24.2. The molecule has 4 N–H and O–H groups in total. The highest BCUT2D eigenvalue weighted by atomic mass is 19.1. The molecular weight excluding hydrogens is 490 g/mol. The number of H-pyrrole nitrogens is 1. The van der Waals surface area contributed by atoms with Crippen molar-refractivity contribution in [1.82, 2.24) is 14.8 Å². The Bertz CT molecular complexity index is 1740. The van der Waals surface area contributed by atoms with Crippen LogP contribution in [-0.4, -0.2) is 32.0 Å². The van der Waals surface area contributed by atoms with Crippen LogP contribution in [0.15, 0.2) is 71.4 Å². The van der Waals surface area contributed by atoms with E-state index in [0.717, 1.165) is 6.07 Å². The van der Waals surface area contributed by atoms with Gasteiger partial charge in [-0.3, -0.25) is 9.48 Å². The van der Waals surface area contributed by atoms with E-state index in [0.29, 0.717) is 29.0 Å². The largest absolute Gasteiger partial charge is 0.399 e. The van der Waals surface area contributed by atoms with Crippen LogP contribution in [0.4, 0.5) is 14.6 Å². The van der Waals surface area contributed by atoms with Gasteiger partial charge in [-0.15, -0.1) is 0 Å². The van der Waals surface area contributed by atoms with E-state index >= 15 is 4.39 Å². The number of hydrogen-bond acceptors (Lipinski definition) is 6. The number of nitrogens with two attached hydrogens (primary N) is 1. The van der Waals surface area contributed by atoms with Crippen molar-refractivity contribution in [3.05, 3.63) is 94.1 Å². The number of nitrogens with zero attached hydrogens (tertiary/aromatic N) is 4. The normalized spacial score (nSPS) is 13.6. The lowest BCUT2D eigenvalue weighted by molar-refractivity contribution is 0.0591. The Balaban J connectivity index is 1.75. The molecule has 2 aromatic carbocycles. The molecule has 0 spiro atoms. The number of anilines is 1. The number of halogens is 2. The molecule has 0 unspecified atom stereocenters. The number of aliphatic hydroxyl groups is 1. The molecule has 192 valence electrons. The monoisotopic (exact) mass is 514 g/mol. The second kappa shape index (κ2) is 9.28.